The topological polar surface area (TPSA) is 50.3 Å². The number of hydrogen-bond donors (Lipinski definition) is 1. The van der Waals surface area contributed by atoms with Crippen molar-refractivity contribution in [2.45, 2.75) is 19.3 Å². The Kier molecular flexibility index (Phi) is 5.71. The Bertz CT molecular complexity index is 907. The van der Waals surface area contributed by atoms with Crippen molar-refractivity contribution in [2.75, 3.05) is 37.0 Å². The summed E-state index contributed by atoms with van der Waals surface area (Å²) in [5, 5.41) is 3.49. The third-order valence-electron chi connectivity index (χ3n) is 5.07. The van der Waals surface area contributed by atoms with E-state index in [0.29, 0.717) is 0 Å². The van der Waals surface area contributed by atoms with Gasteiger partial charge < -0.3 is 15.0 Å². The van der Waals surface area contributed by atoms with Crippen molar-refractivity contribution in [2.24, 2.45) is 0 Å². The average molecular weight is 374 g/mol. The molecule has 3 aromatic rings. The molecule has 0 bridgehead atoms. The van der Waals surface area contributed by atoms with Crippen LogP contribution in [0.3, 0.4) is 0 Å². The van der Waals surface area contributed by atoms with E-state index in [2.05, 4.69) is 28.4 Å². The second kappa shape index (κ2) is 8.74. The molecule has 0 unspecified atom stereocenters. The fraction of sp³-hybridized carbons (Fsp3) is 0.304. The van der Waals surface area contributed by atoms with Gasteiger partial charge in [0.2, 0.25) is 5.95 Å². The summed E-state index contributed by atoms with van der Waals surface area (Å²) < 4.78 is 5.45. The molecule has 1 aromatic heterocycles. The SMILES string of the molecule is COc1ccccc1CCNc1cc(-c2ccccc2)nc(N2CCCC2)n1. The quantitative estimate of drug-likeness (QED) is 0.664. The summed E-state index contributed by atoms with van der Waals surface area (Å²) >= 11 is 0. The van der Waals surface area contributed by atoms with Gasteiger partial charge in [-0.15, -0.1) is 0 Å². The van der Waals surface area contributed by atoms with Crippen molar-refractivity contribution in [1.29, 1.82) is 0 Å². The van der Waals surface area contributed by atoms with E-state index in [-0.39, 0.29) is 0 Å². The summed E-state index contributed by atoms with van der Waals surface area (Å²) in [6, 6.07) is 20.5. The predicted molar refractivity (Wildman–Crippen MR) is 114 cm³/mol. The van der Waals surface area contributed by atoms with E-state index >= 15 is 0 Å². The molecule has 4 rings (SSSR count). The highest BCUT2D eigenvalue weighted by Gasteiger charge is 2.17. The summed E-state index contributed by atoms with van der Waals surface area (Å²) in [6.07, 6.45) is 3.28. The van der Waals surface area contributed by atoms with Crippen LogP contribution >= 0.6 is 0 Å². The van der Waals surface area contributed by atoms with Crippen molar-refractivity contribution in [3.8, 4) is 17.0 Å². The standard InChI is InChI=1S/C23H26N4O/c1-28-21-12-6-5-11-19(21)13-14-24-22-17-20(18-9-3-2-4-10-18)25-23(26-22)27-15-7-8-16-27/h2-6,9-12,17H,7-8,13-16H2,1H3,(H,24,25,26). The van der Waals surface area contributed by atoms with Crippen LogP contribution in [0.5, 0.6) is 5.75 Å². The zero-order valence-corrected chi connectivity index (χ0v) is 16.3. The molecule has 0 aliphatic carbocycles. The first-order valence-electron chi connectivity index (χ1n) is 9.89. The van der Waals surface area contributed by atoms with Gasteiger partial charge in [-0.3, -0.25) is 0 Å². The van der Waals surface area contributed by atoms with Crippen LogP contribution in [0.2, 0.25) is 0 Å². The van der Waals surface area contributed by atoms with Crippen LogP contribution in [0.4, 0.5) is 11.8 Å². The van der Waals surface area contributed by atoms with Crippen molar-refractivity contribution in [1.82, 2.24) is 9.97 Å². The molecule has 0 radical (unpaired) electrons. The summed E-state index contributed by atoms with van der Waals surface area (Å²) in [4.78, 5) is 11.9. The lowest BCUT2D eigenvalue weighted by Gasteiger charge is -2.18. The highest BCUT2D eigenvalue weighted by molar-refractivity contribution is 5.64. The number of anilines is 2. The maximum atomic E-state index is 5.45. The van der Waals surface area contributed by atoms with Crippen LogP contribution in [0.1, 0.15) is 18.4 Å². The van der Waals surface area contributed by atoms with E-state index in [1.807, 2.05) is 42.5 Å². The molecule has 0 saturated carbocycles. The molecular weight excluding hydrogens is 348 g/mol. The number of methoxy groups -OCH3 is 1. The normalized spacial score (nSPS) is 13.5. The van der Waals surface area contributed by atoms with Crippen molar-refractivity contribution < 1.29 is 4.74 Å². The lowest BCUT2D eigenvalue weighted by Crippen LogP contribution is -2.21. The molecule has 1 saturated heterocycles. The smallest absolute Gasteiger partial charge is 0.227 e. The van der Waals surface area contributed by atoms with Gasteiger partial charge in [0, 0.05) is 31.3 Å². The van der Waals surface area contributed by atoms with Crippen LogP contribution in [-0.2, 0) is 6.42 Å². The Labute approximate surface area is 166 Å². The first-order chi connectivity index (χ1) is 13.8. The highest BCUT2D eigenvalue weighted by Crippen LogP contribution is 2.25. The van der Waals surface area contributed by atoms with Crippen LogP contribution in [-0.4, -0.2) is 36.7 Å². The Morgan fingerprint density at radius 2 is 1.71 bits per heavy atom. The molecule has 5 nitrogen and oxygen atoms in total. The first-order valence-corrected chi connectivity index (χ1v) is 9.89. The molecule has 0 spiro atoms. The predicted octanol–water partition coefficient (Wildman–Crippen LogP) is 4.41. The summed E-state index contributed by atoms with van der Waals surface area (Å²) in [5.74, 6) is 2.61. The molecule has 1 aliphatic rings. The van der Waals surface area contributed by atoms with Gasteiger partial charge in [0.05, 0.1) is 12.8 Å². The van der Waals surface area contributed by atoms with Crippen molar-refractivity contribution in [3.05, 3.63) is 66.2 Å². The molecule has 144 valence electrons. The molecule has 1 aliphatic heterocycles. The number of nitrogens with one attached hydrogen (secondary N) is 1. The van der Waals surface area contributed by atoms with Crippen LogP contribution in [0, 0.1) is 0 Å². The maximum absolute atomic E-state index is 5.45. The van der Waals surface area contributed by atoms with Gasteiger partial charge in [0.1, 0.15) is 11.6 Å². The van der Waals surface area contributed by atoms with Gasteiger partial charge >= 0.3 is 0 Å². The highest BCUT2D eigenvalue weighted by atomic mass is 16.5. The molecule has 2 aromatic carbocycles. The van der Waals surface area contributed by atoms with Gasteiger partial charge in [0.25, 0.3) is 0 Å². The number of hydrogen-bond acceptors (Lipinski definition) is 5. The van der Waals surface area contributed by atoms with Gasteiger partial charge in [-0.2, -0.15) is 4.98 Å². The van der Waals surface area contributed by atoms with Crippen LogP contribution in [0.15, 0.2) is 60.7 Å². The maximum Gasteiger partial charge on any atom is 0.227 e. The zero-order valence-electron chi connectivity index (χ0n) is 16.3. The average Bonchev–Trinajstić information content (AvgIpc) is 3.30. The number of benzene rings is 2. The first kappa shape index (κ1) is 18.3. The van der Waals surface area contributed by atoms with E-state index in [1.54, 1.807) is 7.11 Å². The molecule has 0 amide bonds. The third-order valence-corrected chi connectivity index (χ3v) is 5.07. The molecule has 28 heavy (non-hydrogen) atoms. The Morgan fingerprint density at radius 1 is 0.964 bits per heavy atom. The van der Waals surface area contributed by atoms with Crippen LogP contribution < -0.4 is 15.0 Å². The number of aromatic nitrogens is 2. The van der Waals surface area contributed by atoms with E-state index in [9.17, 15) is 0 Å². The molecule has 0 atom stereocenters. The number of ether oxygens (including phenoxy) is 1. The second-order valence-electron chi connectivity index (χ2n) is 6.99. The van der Waals surface area contributed by atoms with Crippen LogP contribution in [0.25, 0.3) is 11.3 Å². The van der Waals surface area contributed by atoms with Gasteiger partial charge in [-0.05, 0) is 30.9 Å². The van der Waals surface area contributed by atoms with Crippen molar-refractivity contribution >= 4 is 11.8 Å². The Morgan fingerprint density at radius 3 is 2.50 bits per heavy atom. The molecule has 5 heteroatoms. The second-order valence-corrected chi connectivity index (χ2v) is 6.99. The minimum atomic E-state index is 0.783. The molecular formula is C23H26N4O. The largest absolute Gasteiger partial charge is 0.496 e. The Hall–Kier alpha value is -3.08. The molecule has 1 N–H and O–H groups in total. The lowest BCUT2D eigenvalue weighted by molar-refractivity contribution is 0.410. The fourth-order valence-corrected chi connectivity index (χ4v) is 3.58. The van der Waals surface area contributed by atoms with E-state index in [0.717, 1.165) is 54.8 Å². The molecule has 2 heterocycles. The molecule has 1 fully saturated rings. The fourth-order valence-electron chi connectivity index (χ4n) is 3.58. The van der Waals surface area contributed by atoms with Gasteiger partial charge in [0.15, 0.2) is 0 Å². The monoisotopic (exact) mass is 374 g/mol. The lowest BCUT2D eigenvalue weighted by atomic mass is 10.1. The van der Waals surface area contributed by atoms with E-state index in [1.165, 1.54) is 18.4 Å². The number of nitrogens with zero attached hydrogens (tertiary/aromatic N) is 3. The minimum Gasteiger partial charge on any atom is -0.496 e. The van der Waals surface area contributed by atoms with E-state index in [4.69, 9.17) is 14.7 Å². The summed E-state index contributed by atoms with van der Waals surface area (Å²) in [6.45, 7) is 2.84. The van der Waals surface area contributed by atoms with E-state index < -0.39 is 0 Å². The van der Waals surface area contributed by atoms with Gasteiger partial charge in [-0.1, -0.05) is 48.5 Å². The number of rotatable bonds is 7. The number of para-hydroxylation sites is 1. The van der Waals surface area contributed by atoms with Gasteiger partial charge in [-0.25, -0.2) is 4.98 Å². The summed E-state index contributed by atoms with van der Waals surface area (Å²) in [7, 11) is 1.71. The Balaban J connectivity index is 1.54. The van der Waals surface area contributed by atoms with Crippen molar-refractivity contribution in [3.63, 3.8) is 0 Å². The minimum absolute atomic E-state index is 0.783. The third kappa shape index (κ3) is 4.25. The zero-order chi connectivity index (χ0) is 19.2. The summed E-state index contributed by atoms with van der Waals surface area (Å²) in [5.41, 5.74) is 3.25.